The standard InChI is InChI=1S/C11H9NO2/c1-8-7-10(12-14-11(8)13)9-5-3-2-4-6-9/h2-7H,1H3. The van der Waals surface area contributed by atoms with Crippen molar-refractivity contribution in [3.8, 4) is 11.3 Å². The third kappa shape index (κ3) is 1.57. The Morgan fingerprint density at radius 2 is 1.93 bits per heavy atom. The van der Waals surface area contributed by atoms with Gasteiger partial charge >= 0.3 is 5.63 Å². The molecule has 0 aliphatic heterocycles. The van der Waals surface area contributed by atoms with Crippen molar-refractivity contribution in [2.45, 2.75) is 6.92 Å². The summed E-state index contributed by atoms with van der Waals surface area (Å²) in [6.07, 6.45) is 0. The van der Waals surface area contributed by atoms with Crippen LogP contribution in [0, 0.1) is 6.92 Å². The van der Waals surface area contributed by atoms with Crippen LogP contribution in [0.3, 0.4) is 0 Å². The fraction of sp³-hybridized carbons (Fsp3) is 0.0909. The first-order chi connectivity index (χ1) is 6.77. The minimum atomic E-state index is -0.385. The number of rotatable bonds is 1. The summed E-state index contributed by atoms with van der Waals surface area (Å²) in [5.74, 6) is 0. The fourth-order valence-electron chi connectivity index (χ4n) is 1.20. The van der Waals surface area contributed by atoms with Crippen molar-refractivity contribution in [2.75, 3.05) is 0 Å². The Morgan fingerprint density at radius 3 is 2.57 bits per heavy atom. The quantitative estimate of drug-likeness (QED) is 0.685. The number of nitrogens with zero attached hydrogens (tertiary/aromatic N) is 1. The molecule has 0 radical (unpaired) electrons. The highest BCUT2D eigenvalue weighted by Gasteiger charge is 2.02. The first-order valence-corrected chi connectivity index (χ1v) is 4.30. The van der Waals surface area contributed by atoms with Crippen LogP contribution in [0.5, 0.6) is 0 Å². The van der Waals surface area contributed by atoms with Crippen molar-refractivity contribution in [1.82, 2.24) is 5.16 Å². The Labute approximate surface area is 81.0 Å². The third-order valence-electron chi connectivity index (χ3n) is 1.97. The summed E-state index contributed by atoms with van der Waals surface area (Å²) in [4.78, 5) is 11.0. The molecule has 1 aromatic heterocycles. The van der Waals surface area contributed by atoms with Gasteiger partial charge in [0, 0.05) is 11.1 Å². The summed E-state index contributed by atoms with van der Waals surface area (Å²) in [6, 6.07) is 11.3. The Morgan fingerprint density at radius 1 is 1.21 bits per heavy atom. The summed E-state index contributed by atoms with van der Waals surface area (Å²) in [5.41, 5.74) is 1.81. The van der Waals surface area contributed by atoms with E-state index in [2.05, 4.69) is 9.68 Å². The monoisotopic (exact) mass is 187 g/mol. The lowest BCUT2D eigenvalue weighted by molar-refractivity contribution is 0.370. The molecule has 0 N–H and O–H groups in total. The summed E-state index contributed by atoms with van der Waals surface area (Å²) >= 11 is 0. The van der Waals surface area contributed by atoms with E-state index in [1.165, 1.54) is 0 Å². The van der Waals surface area contributed by atoms with Crippen molar-refractivity contribution in [1.29, 1.82) is 0 Å². The van der Waals surface area contributed by atoms with Gasteiger partial charge in [0.05, 0.1) is 0 Å². The molecule has 3 heteroatoms. The van der Waals surface area contributed by atoms with Crippen LogP contribution < -0.4 is 5.63 Å². The Bertz CT molecular complexity index is 488. The molecule has 0 saturated carbocycles. The van der Waals surface area contributed by atoms with Crippen molar-refractivity contribution in [3.05, 3.63) is 52.4 Å². The molecule has 3 nitrogen and oxygen atoms in total. The van der Waals surface area contributed by atoms with Gasteiger partial charge in [0.15, 0.2) is 0 Å². The average Bonchev–Trinajstić information content (AvgIpc) is 2.23. The van der Waals surface area contributed by atoms with Gasteiger partial charge in [-0.3, -0.25) is 0 Å². The number of hydrogen-bond donors (Lipinski definition) is 0. The number of aryl methyl sites for hydroxylation is 1. The number of aromatic nitrogens is 1. The van der Waals surface area contributed by atoms with Crippen LogP contribution in [0.1, 0.15) is 5.56 Å². The number of hydrogen-bond acceptors (Lipinski definition) is 3. The van der Waals surface area contributed by atoms with Crippen molar-refractivity contribution < 1.29 is 4.52 Å². The van der Waals surface area contributed by atoms with E-state index >= 15 is 0 Å². The molecule has 14 heavy (non-hydrogen) atoms. The lowest BCUT2D eigenvalue weighted by atomic mass is 10.1. The highest BCUT2D eigenvalue weighted by atomic mass is 16.5. The van der Waals surface area contributed by atoms with Gasteiger partial charge in [-0.1, -0.05) is 35.5 Å². The van der Waals surface area contributed by atoms with Crippen LogP contribution >= 0.6 is 0 Å². The Hall–Kier alpha value is -1.90. The van der Waals surface area contributed by atoms with Crippen LogP contribution in [0.15, 0.2) is 45.7 Å². The maximum absolute atomic E-state index is 11.0. The van der Waals surface area contributed by atoms with Crippen LogP contribution in [0.25, 0.3) is 11.3 Å². The SMILES string of the molecule is Cc1cc(-c2ccccc2)noc1=O. The molecule has 0 fully saturated rings. The van der Waals surface area contributed by atoms with Gasteiger partial charge < -0.3 is 4.52 Å². The average molecular weight is 187 g/mol. The maximum atomic E-state index is 11.0. The van der Waals surface area contributed by atoms with E-state index in [0.29, 0.717) is 11.3 Å². The topological polar surface area (TPSA) is 43.1 Å². The minimum Gasteiger partial charge on any atom is -0.313 e. The smallest absolute Gasteiger partial charge is 0.313 e. The summed E-state index contributed by atoms with van der Waals surface area (Å²) in [6.45, 7) is 1.71. The molecule has 70 valence electrons. The second-order valence-corrected chi connectivity index (χ2v) is 3.05. The molecule has 0 aliphatic carbocycles. The van der Waals surface area contributed by atoms with Gasteiger partial charge in [-0.2, -0.15) is 0 Å². The molecule has 0 bridgehead atoms. The van der Waals surface area contributed by atoms with E-state index in [-0.39, 0.29) is 5.63 Å². The van der Waals surface area contributed by atoms with Crippen LogP contribution in [0.4, 0.5) is 0 Å². The maximum Gasteiger partial charge on any atom is 0.361 e. The Balaban J connectivity index is 2.54. The molecule has 0 spiro atoms. The van der Waals surface area contributed by atoms with Crippen LogP contribution in [-0.2, 0) is 0 Å². The number of benzene rings is 1. The zero-order chi connectivity index (χ0) is 9.97. The molecule has 2 rings (SSSR count). The zero-order valence-corrected chi connectivity index (χ0v) is 7.73. The lowest BCUT2D eigenvalue weighted by Gasteiger charge is -1.98. The largest absolute Gasteiger partial charge is 0.361 e. The summed E-state index contributed by atoms with van der Waals surface area (Å²) in [7, 11) is 0. The molecule has 0 saturated heterocycles. The second kappa shape index (κ2) is 3.46. The van der Waals surface area contributed by atoms with Gasteiger partial charge in [-0.25, -0.2) is 4.79 Å². The van der Waals surface area contributed by atoms with E-state index in [9.17, 15) is 4.79 Å². The van der Waals surface area contributed by atoms with Crippen molar-refractivity contribution >= 4 is 0 Å². The molecular formula is C11H9NO2. The molecule has 1 aromatic carbocycles. The van der Waals surface area contributed by atoms with Gasteiger partial charge in [0.1, 0.15) is 5.69 Å². The van der Waals surface area contributed by atoms with Crippen LogP contribution in [0.2, 0.25) is 0 Å². The van der Waals surface area contributed by atoms with Gasteiger partial charge in [0.25, 0.3) is 0 Å². The molecule has 0 aliphatic rings. The molecule has 1 heterocycles. The molecular weight excluding hydrogens is 178 g/mol. The molecule has 0 unspecified atom stereocenters. The van der Waals surface area contributed by atoms with Crippen LogP contribution in [-0.4, -0.2) is 5.16 Å². The van der Waals surface area contributed by atoms with Crippen molar-refractivity contribution in [2.24, 2.45) is 0 Å². The van der Waals surface area contributed by atoms with E-state index in [0.717, 1.165) is 5.56 Å². The second-order valence-electron chi connectivity index (χ2n) is 3.05. The normalized spacial score (nSPS) is 10.1. The van der Waals surface area contributed by atoms with Gasteiger partial charge in [-0.05, 0) is 13.0 Å². The predicted molar refractivity (Wildman–Crippen MR) is 52.9 cm³/mol. The lowest BCUT2D eigenvalue weighted by Crippen LogP contribution is -2.04. The van der Waals surface area contributed by atoms with Gasteiger partial charge in [0.2, 0.25) is 0 Å². The summed E-state index contributed by atoms with van der Waals surface area (Å²) in [5, 5.41) is 3.72. The zero-order valence-electron chi connectivity index (χ0n) is 7.73. The fourth-order valence-corrected chi connectivity index (χ4v) is 1.20. The first kappa shape index (κ1) is 8.69. The Kier molecular flexibility index (Phi) is 2.14. The highest BCUT2D eigenvalue weighted by Crippen LogP contribution is 2.14. The third-order valence-corrected chi connectivity index (χ3v) is 1.97. The van der Waals surface area contributed by atoms with E-state index < -0.39 is 0 Å². The first-order valence-electron chi connectivity index (χ1n) is 4.30. The van der Waals surface area contributed by atoms with Gasteiger partial charge in [-0.15, -0.1) is 0 Å². The van der Waals surface area contributed by atoms with E-state index in [4.69, 9.17) is 0 Å². The molecule has 2 aromatic rings. The summed E-state index contributed by atoms with van der Waals surface area (Å²) < 4.78 is 4.64. The molecule has 0 atom stereocenters. The highest BCUT2D eigenvalue weighted by molar-refractivity contribution is 5.58. The van der Waals surface area contributed by atoms with E-state index in [1.54, 1.807) is 13.0 Å². The molecule has 0 amide bonds. The van der Waals surface area contributed by atoms with E-state index in [1.807, 2.05) is 30.3 Å². The minimum absolute atomic E-state index is 0.385. The van der Waals surface area contributed by atoms with Crippen molar-refractivity contribution in [3.63, 3.8) is 0 Å². The predicted octanol–water partition coefficient (Wildman–Crippen LogP) is 2.01.